The molecule has 0 bridgehead atoms. The molecule has 186 valence electrons. The lowest BCUT2D eigenvalue weighted by Gasteiger charge is -2.12. The van der Waals surface area contributed by atoms with E-state index in [-0.39, 0.29) is 35.4 Å². The number of alkyl carbamates (subject to hydrolysis) is 1. The lowest BCUT2D eigenvalue weighted by molar-refractivity contribution is -0.121. The number of amides is 3. The fraction of sp³-hybridized carbons (Fsp3) is 0.304. The normalized spacial score (nSPS) is 10.8. The summed E-state index contributed by atoms with van der Waals surface area (Å²) in [4.78, 5) is 40.5. The lowest BCUT2D eigenvalue weighted by atomic mass is 10.2. The number of fused-ring (bicyclic) bond motifs is 1. The second-order valence-corrected chi connectivity index (χ2v) is 7.92. The Hall–Kier alpha value is -4.22. The van der Waals surface area contributed by atoms with Crippen LogP contribution in [-0.2, 0) is 16.1 Å². The first kappa shape index (κ1) is 25.4. The molecule has 3 aromatic rings. The number of aryl methyl sites for hydroxylation is 2. The summed E-state index contributed by atoms with van der Waals surface area (Å²) in [5, 5.41) is 2.25. The van der Waals surface area contributed by atoms with Gasteiger partial charge < -0.3 is 14.8 Å². The van der Waals surface area contributed by atoms with Gasteiger partial charge in [0.15, 0.2) is 11.4 Å². The van der Waals surface area contributed by atoms with Crippen LogP contribution in [-0.4, -0.2) is 39.9 Å². The molecular formula is C23H25F2N5O5. The van der Waals surface area contributed by atoms with Crippen LogP contribution >= 0.6 is 0 Å². The Balaban J connectivity index is 1.73. The molecule has 0 radical (unpaired) electrons. The number of rotatable bonds is 7. The van der Waals surface area contributed by atoms with Gasteiger partial charge in [-0.1, -0.05) is 6.07 Å². The van der Waals surface area contributed by atoms with Crippen molar-refractivity contribution in [1.82, 2.24) is 25.6 Å². The molecule has 1 aromatic carbocycles. The average molecular weight is 489 g/mol. The van der Waals surface area contributed by atoms with Crippen LogP contribution in [0.25, 0.3) is 5.65 Å². The van der Waals surface area contributed by atoms with E-state index in [4.69, 9.17) is 9.47 Å². The zero-order valence-electron chi connectivity index (χ0n) is 19.6. The third kappa shape index (κ3) is 6.22. The minimum absolute atomic E-state index is 0.109. The van der Waals surface area contributed by atoms with Crippen LogP contribution in [0.4, 0.5) is 13.6 Å². The fourth-order valence-electron chi connectivity index (χ4n) is 3.20. The smallest absolute Gasteiger partial charge is 0.407 e. The average Bonchev–Trinajstić information content (AvgIpc) is 3.10. The first-order chi connectivity index (χ1) is 16.6. The summed E-state index contributed by atoms with van der Waals surface area (Å²) >= 11 is 0. The van der Waals surface area contributed by atoms with Crippen LogP contribution in [0.3, 0.4) is 0 Å². The number of hydrazine groups is 1. The number of imidazole rings is 1. The van der Waals surface area contributed by atoms with Gasteiger partial charge in [-0.25, -0.2) is 18.6 Å². The Kier molecular flexibility index (Phi) is 7.84. The van der Waals surface area contributed by atoms with Crippen LogP contribution in [0.5, 0.6) is 5.75 Å². The maximum atomic E-state index is 14.0. The zero-order valence-corrected chi connectivity index (χ0v) is 19.6. The molecular weight excluding hydrogens is 464 g/mol. The Bertz CT molecular complexity index is 1250. The monoisotopic (exact) mass is 489 g/mol. The van der Waals surface area contributed by atoms with E-state index in [0.717, 1.165) is 12.1 Å². The van der Waals surface area contributed by atoms with Crippen molar-refractivity contribution in [3.05, 3.63) is 64.6 Å². The maximum Gasteiger partial charge on any atom is 0.407 e. The summed E-state index contributed by atoms with van der Waals surface area (Å²) in [7, 11) is 0. The number of benzene rings is 1. The van der Waals surface area contributed by atoms with Crippen molar-refractivity contribution in [2.24, 2.45) is 0 Å². The molecule has 0 spiro atoms. The predicted octanol–water partition coefficient (Wildman–Crippen LogP) is 2.70. The van der Waals surface area contributed by atoms with Crippen LogP contribution in [0.15, 0.2) is 30.5 Å². The number of ether oxygens (including phenoxy) is 2. The molecule has 35 heavy (non-hydrogen) atoms. The molecule has 0 aliphatic carbocycles. The van der Waals surface area contributed by atoms with Gasteiger partial charge in [0.25, 0.3) is 11.8 Å². The van der Waals surface area contributed by atoms with Gasteiger partial charge >= 0.3 is 6.09 Å². The molecule has 0 aliphatic rings. The fourth-order valence-corrected chi connectivity index (χ4v) is 3.20. The number of carbonyl (C=O) groups is 3. The van der Waals surface area contributed by atoms with Crippen molar-refractivity contribution in [1.29, 1.82) is 0 Å². The van der Waals surface area contributed by atoms with Crippen LogP contribution in [0, 0.1) is 25.5 Å². The molecule has 2 aromatic heterocycles. The molecule has 0 saturated carbocycles. The van der Waals surface area contributed by atoms with Gasteiger partial charge in [0.2, 0.25) is 0 Å². The number of carbonyl (C=O) groups excluding carboxylic acids is 3. The molecule has 3 N–H and O–H groups in total. The van der Waals surface area contributed by atoms with E-state index in [1.807, 2.05) is 0 Å². The summed E-state index contributed by atoms with van der Waals surface area (Å²) in [6.45, 7) is 5.86. The highest BCUT2D eigenvalue weighted by atomic mass is 19.1. The van der Waals surface area contributed by atoms with Crippen molar-refractivity contribution < 1.29 is 32.6 Å². The summed E-state index contributed by atoms with van der Waals surface area (Å²) in [6.07, 6.45) is 0.517. The number of aromatic nitrogens is 2. The van der Waals surface area contributed by atoms with Crippen LogP contribution in [0.2, 0.25) is 0 Å². The Morgan fingerprint density at radius 3 is 2.46 bits per heavy atom. The van der Waals surface area contributed by atoms with Gasteiger partial charge in [-0.3, -0.25) is 24.8 Å². The number of hydrogen-bond acceptors (Lipinski definition) is 6. The third-order valence-corrected chi connectivity index (χ3v) is 4.70. The van der Waals surface area contributed by atoms with Crippen molar-refractivity contribution in [2.45, 2.75) is 40.4 Å². The molecule has 10 nitrogen and oxygen atoms in total. The van der Waals surface area contributed by atoms with Crippen molar-refractivity contribution in [3.8, 4) is 5.75 Å². The van der Waals surface area contributed by atoms with Gasteiger partial charge in [0.05, 0.1) is 17.4 Å². The molecule has 3 rings (SSSR count). The number of nitrogens with zero attached hydrogens (tertiary/aromatic N) is 2. The summed E-state index contributed by atoms with van der Waals surface area (Å²) < 4.78 is 39.9. The molecule has 0 fully saturated rings. The van der Waals surface area contributed by atoms with Gasteiger partial charge in [0, 0.05) is 6.20 Å². The van der Waals surface area contributed by atoms with Crippen molar-refractivity contribution in [2.75, 3.05) is 6.54 Å². The van der Waals surface area contributed by atoms with E-state index in [9.17, 15) is 23.2 Å². The molecule has 0 unspecified atom stereocenters. The minimum Gasteiger partial charge on any atom is -0.485 e. The number of hydrogen-bond donors (Lipinski definition) is 3. The van der Waals surface area contributed by atoms with Gasteiger partial charge in [-0.2, -0.15) is 0 Å². The molecule has 0 saturated heterocycles. The van der Waals surface area contributed by atoms with Crippen LogP contribution in [0.1, 0.15) is 41.2 Å². The van der Waals surface area contributed by atoms with Crippen molar-refractivity contribution in [3.63, 3.8) is 0 Å². The zero-order chi connectivity index (χ0) is 25.7. The number of nitrogens with one attached hydrogen (secondary N) is 3. The summed E-state index contributed by atoms with van der Waals surface area (Å²) in [6, 6.07) is 5.15. The highest BCUT2D eigenvalue weighted by Crippen LogP contribution is 2.25. The quantitative estimate of drug-likeness (QED) is 0.439. The largest absolute Gasteiger partial charge is 0.485 e. The number of halogens is 2. The lowest BCUT2D eigenvalue weighted by Crippen LogP contribution is -2.47. The molecule has 0 atom stereocenters. The number of pyridine rings is 1. The Labute approximate surface area is 199 Å². The van der Waals surface area contributed by atoms with E-state index in [1.165, 1.54) is 10.5 Å². The SMILES string of the molecule is Cc1cc(OCc2c(F)cccc2F)c2nc(C)c(C(=O)NNC(=O)CNC(=O)OC(C)C)n2c1. The maximum absolute atomic E-state index is 14.0. The van der Waals surface area contributed by atoms with E-state index in [0.29, 0.717) is 11.3 Å². The summed E-state index contributed by atoms with van der Waals surface area (Å²) in [5.41, 5.74) is 5.59. The topological polar surface area (TPSA) is 123 Å². The van der Waals surface area contributed by atoms with Crippen LogP contribution < -0.4 is 20.9 Å². The first-order valence-corrected chi connectivity index (χ1v) is 10.7. The standard InChI is InChI=1S/C23H25F2N5O5/c1-12(2)35-23(33)26-9-19(31)28-29-22(32)20-14(4)27-21-18(8-13(3)10-30(20)21)34-11-15-16(24)6-5-7-17(15)25/h5-8,10,12H,9,11H2,1-4H3,(H,26,33)(H,28,31)(H,29,32). The van der Waals surface area contributed by atoms with E-state index < -0.39 is 36.1 Å². The van der Waals surface area contributed by atoms with Crippen molar-refractivity contribution >= 4 is 23.6 Å². The minimum atomic E-state index is -0.766. The van der Waals surface area contributed by atoms with E-state index >= 15 is 0 Å². The Morgan fingerprint density at radius 1 is 1.11 bits per heavy atom. The first-order valence-electron chi connectivity index (χ1n) is 10.7. The molecule has 3 amide bonds. The second-order valence-electron chi connectivity index (χ2n) is 7.92. The molecule has 0 aliphatic heterocycles. The summed E-state index contributed by atoms with van der Waals surface area (Å²) in [5.74, 6) is -2.62. The second kappa shape index (κ2) is 10.8. The van der Waals surface area contributed by atoms with Gasteiger partial charge in [0.1, 0.15) is 30.5 Å². The predicted molar refractivity (Wildman–Crippen MR) is 121 cm³/mol. The third-order valence-electron chi connectivity index (χ3n) is 4.70. The van der Waals surface area contributed by atoms with E-state index in [2.05, 4.69) is 21.2 Å². The van der Waals surface area contributed by atoms with E-state index in [1.54, 1.807) is 40.0 Å². The van der Waals surface area contributed by atoms with Gasteiger partial charge in [-0.05, 0) is 51.5 Å². The highest BCUT2D eigenvalue weighted by Gasteiger charge is 2.21. The highest BCUT2D eigenvalue weighted by molar-refractivity contribution is 5.96. The Morgan fingerprint density at radius 2 is 1.80 bits per heavy atom. The van der Waals surface area contributed by atoms with Gasteiger partial charge in [-0.15, -0.1) is 0 Å². The molecule has 2 heterocycles. The molecule has 12 heteroatoms.